The van der Waals surface area contributed by atoms with Crippen LogP contribution in [0.3, 0.4) is 0 Å². The highest BCUT2D eigenvalue weighted by molar-refractivity contribution is 5.49. The molecule has 0 amide bonds. The summed E-state index contributed by atoms with van der Waals surface area (Å²) in [5.74, 6) is 0.809. The average Bonchev–Trinajstić information content (AvgIpc) is 2.29. The van der Waals surface area contributed by atoms with E-state index in [1.54, 1.807) is 6.92 Å². The Morgan fingerprint density at radius 1 is 1.41 bits per heavy atom. The normalized spacial score (nSPS) is 14.2. The third-order valence-electron chi connectivity index (χ3n) is 2.68. The predicted molar refractivity (Wildman–Crippen MR) is 70.6 cm³/mol. The molecule has 1 rings (SSSR count). The number of hydrogen-bond donors (Lipinski definition) is 2. The lowest BCUT2D eigenvalue weighted by Crippen LogP contribution is -2.35. The number of nitrogens with zero attached hydrogens (tertiary/aromatic N) is 1. The van der Waals surface area contributed by atoms with Gasteiger partial charge in [-0.2, -0.15) is 0 Å². The van der Waals surface area contributed by atoms with Crippen LogP contribution in [-0.2, 0) is 0 Å². The molecule has 0 bridgehead atoms. The fourth-order valence-electron chi connectivity index (χ4n) is 1.34. The first-order valence-electron chi connectivity index (χ1n) is 5.77. The molecule has 0 aromatic heterocycles. The van der Waals surface area contributed by atoms with Crippen LogP contribution in [0, 0.1) is 0 Å². The summed E-state index contributed by atoms with van der Waals surface area (Å²) in [6, 6.07) is 7.84. The lowest BCUT2D eigenvalue weighted by atomic mass is 10.0. The molecule has 96 valence electrons. The topological polar surface area (TPSA) is 58.7 Å². The Morgan fingerprint density at radius 2 is 2.12 bits per heavy atom. The van der Waals surface area contributed by atoms with E-state index >= 15 is 0 Å². The summed E-state index contributed by atoms with van der Waals surface area (Å²) < 4.78 is 5.59. The molecule has 1 unspecified atom stereocenters. The molecule has 0 heterocycles. The lowest BCUT2D eigenvalue weighted by molar-refractivity contribution is 0.0453. The molecule has 0 radical (unpaired) electrons. The van der Waals surface area contributed by atoms with E-state index in [1.807, 2.05) is 43.3 Å². The van der Waals surface area contributed by atoms with Crippen LogP contribution in [0.2, 0.25) is 0 Å². The van der Waals surface area contributed by atoms with Crippen molar-refractivity contribution in [2.24, 2.45) is 5.73 Å². The third-order valence-corrected chi connectivity index (χ3v) is 2.68. The fourth-order valence-corrected chi connectivity index (χ4v) is 1.34. The standard InChI is InChI=1S/C13H22N2O2/c1-13(16,10-14)7-8-17-12-6-4-5-11(9-12)15(2)3/h4-6,9,16H,7-8,10,14H2,1-3H3. The second-order valence-corrected chi connectivity index (χ2v) is 4.69. The van der Waals surface area contributed by atoms with E-state index in [2.05, 4.69) is 0 Å². The molecule has 0 saturated carbocycles. The van der Waals surface area contributed by atoms with Crippen molar-refractivity contribution in [2.75, 3.05) is 32.1 Å². The van der Waals surface area contributed by atoms with Crippen LogP contribution in [0.25, 0.3) is 0 Å². The highest BCUT2D eigenvalue weighted by atomic mass is 16.5. The Balaban J connectivity index is 2.50. The maximum atomic E-state index is 9.73. The minimum Gasteiger partial charge on any atom is -0.493 e. The van der Waals surface area contributed by atoms with E-state index < -0.39 is 5.60 Å². The monoisotopic (exact) mass is 238 g/mol. The second kappa shape index (κ2) is 5.89. The van der Waals surface area contributed by atoms with Crippen LogP contribution >= 0.6 is 0 Å². The first-order chi connectivity index (χ1) is 7.94. The van der Waals surface area contributed by atoms with Gasteiger partial charge < -0.3 is 20.5 Å². The van der Waals surface area contributed by atoms with E-state index in [9.17, 15) is 5.11 Å². The molecule has 1 aromatic rings. The number of anilines is 1. The van der Waals surface area contributed by atoms with Gasteiger partial charge in [-0.25, -0.2) is 0 Å². The minimum atomic E-state index is -0.848. The second-order valence-electron chi connectivity index (χ2n) is 4.69. The Hall–Kier alpha value is -1.26. The van der Waals surface area contributed by atoms with Crippen molar-refractivity contribution < 1.29 is 9.84 Å². The summed E-state index contributed by atoms with van der Waals surface area (Å²) in [7, 11) is 3.97. The molecule has 3 N–H and O–H groups in total. The van der Waals surface area contributed by atoms with Crippen LogP contribution in [-0.4, -0.2) is 38.0 Å². The summed E-state index contributed by atoms with van der Waals surface area (Å²) in [5, 5.41) is 9.73. The molecular weight excluding hydrogens is 216 g/mol. The van der Waals surface area contributed by atoms with Crippen molar-refractivity contribution in [3.8, 4) is 5.75 Å². The van der Waals surface area contributed by atoms with Gasteiger partial charge in [0.15, 0.2) is 0 Å². The number of nitrogens with two attached hydrogens (primary N) is 1. The van der Waals surface area contributed by atoms with E-state index in [1.165, 1.54) is 0 Å². The first kappa shape index (κ1) is 13.8. The van der Waals surface area contributed by atoms with Gasteiger partial charge in [-0.05, 0) is 19.1 Å². The minimum absolute atomic E-state index is 0.244. The zero-order valence-electron chi connectivity index (χ0n) is 10.8. The summed E-state index contributed by atoms with van der Waals surface area (Å²) in [6.07, 6.45) is 0.524. The molecule has 1 atom stereocenters. The summed E-state index contributed by atoms with van der Waals surface area (Å²) in [6.45, 7) is 2.42. The largest absolute Gasteiger partial charge is 0.493 e. The summed E-state index contributed by atoms with van der Waals surface area (Å²) in [4.78, 5) is 2.02. The number of rotatable bonds is 6. The summed E-state index contributed by atoms with van der Waals surface area (Å²) >= 11 is 0. The molecule has 0 aliphatic heterocycles. The van der Waals surface area contributed by atoms with E-state index in [4.69, 9.17) is 10.5 Å². The first-order valence-corrected chi connectivity index (χ1v) is 5.77. The van der Waals surface area contributed by atoms with Gasteiger partial charge in [-0.15, -0.1) is 0 Å². The molecular formula is C13H22N2O2. The van der Waals surface area contributed by atoms with Gasteiger partial charge >= 0.3 is 0 Å². The fraction of sp³-hybridized carbons (Fsp3) is 0.538. The van der Waals surface area contributed by atoms with Crippen molar-refractivity contribution >= 4 is 5.69 Å². The molecule has 0 aliphatic carbocycles. The summed E-state index contributed by atoms with van der Waals surface area (Å²) in [5.41, 5.74) is 5.68. The van der Waals surface area contributed by atoms with Gasteiger partial charge in [0, 0.05) is 38.8 Å². The van der Waals surface area contributed by atoms with Gasteiger partial charge in [0.25, 0.3) is 0 Å². The number of aliphatic hydroxyl groups is 1. The highest BCUT2D eigenvalue weighted by Crippen LogP contribution is 2.20. The van der Waals surface area contributed by atoms with Crippen molar-refractivity contribution in [3.63, 3.8) is 0 Å². The number of benzene rings is 1. The van der Waals surface area contributed by atoms with E-state index in [-0.39, 0.29) is 6.54 Å². The predicted octanol–water partition coefficient (Wildman–Crippen LogP) is 1.23. The molecule has 4 heteroatoms. The number of hydrogen-bond acceptors (Lipinski definition) is 4. The Morgan fingerprint density at radius 3 is 2.71 bits per heavy atom. The SMILES string of the molecule is CN(C)c1cccc(OCCC(C)(O)CN)c1. The van der Waals surface area contributed by atoms with Crippen molar-refractivity contribution in [2.45, 2.75) is 18.9 Å². The zero-order chi connectivity index (χ0) is 12.9. The van der Waals surface area contributed by atoms with Crippen LogP contribution in [0.1, 0.15) is 13.3 Å². The smallest absolute Gasteiger partial charge is 0.121 e. The molecule has 0 fully saturated rings. The van der Waals surface area contributed by atoms with Gasteiger partial charge in [0.1, 0.15) is 5.75 Å². The Kier molecular flexibility index (Phi) is 4.78. The van der Waals surface area contributed by atoms with Crippen molar-refractivity contribution in [3.05, 3.63) is 24.3 Å². The zero-order valence-corrected chi connectivity index (χ0v) is 10.8. The quantitative estimate of drug-likeness (QED) is 0.782. The van der Waals surface area contributed by atoms with Gasteiger partial charge in [-0.1, -0.05) is 6.07 Å². The molecule has 4 nitrogen and oxygen atoms in total. The van der Waals surface area contributed by atoms with Gasteiger partial charge in [0.2, 0.25) is 0 Å². The van der Waals surface area contributed by atoms with E-state index in [0.29, 0.717) is 13.0 Å². The maximum absolute atomic E-state index is 9.73. The maximum Gasteiger partial charge on any atom is 0.121 e. The van der Waals surface area contributed by atoms with Gasteiger partial charge in [-0.3, -0.25) is 0 Å². The Bertz CT molecular complexity index is 351. The molecule has 0 spiro atoms. The van der Waals surface area contributed by atoms with Crippen LogP contribution in [0.15, 0.2) is 24.3 Å². The molecule has 1 aromatic carbocycles. The third kappa shape index (κ3) is 4.63. The van der Waals surface area contributed by atoms with Crippen molar-refractivity contribution in [1.82, 2.24) is 0 Å². The average molecular weight is 238 g/mol. The number of ether oxygens (including phenoxy) is 1. The molecule has 0 aliphatic rings. The Labute approximate surface area is 103 Å². The van der Waals surface area contributed by atoms with Gasteiger partial charge in [0.05, 0.1) is 12.2 Å². The molecule has 17 heavy (non-hydrogen) atoms. The molecule has 0 saturated heterocycles. The van der Waals surface area contributed by atoms with E-state index in [0.717, 1.165) is 11.4 Å². The van der Waals surface area contributed by atoms with Crippen LogP contribution in [0.5, 0.6) is 5.75 Å². The van der Waals surface area contributed by atoms with Crippen LogP contribution < -0.4 is 15.4 Å². The van der Waals surface area contributed by atoms with Crippen LogP contribution in [0.4, 0.5) is 5.69 Å². The lowest BCUT2D eigenvalue weighted by Gasteiger charge is -2.21. The highest BCUT2D eigenvalue weighted by Gasteiger charge is 2.17. The van der Waals surface area contributed by atoms with Crippen molar-refractivity contribution in [1.29, 1.82) is 0 Å².